The van der Waals surface area contributed by atoms with Gasteiger partial charge in [-0.3, -0.25) is 9.48 Å². The van der Waals surface area contributed by atoms with E-state index in [1.807, 2.05) is 32.0 Å². The number of halogens is 1. The van der Waals surface area contributed by atoms with Gasteiger partial charge in [0.25, 0.3) is 5.91 Å². The fraction of sp³-hybridized carbons (Fsp3) is 0.412. The van der Waals surface area contributed by atoms with Gasteiger partial charge in [0, 0.05) is 12.2 Å². The van der Waals surface area contributed by atoms with Gasteiger partial charge in [0.2, 0.25) is 0 Å². The van der Waals surface area contributed by atoms with Gasteiger partial charge in [-0.2, -0.15) is 5.10 Å². The third kappa shape index (κ3) is 3.50. The molecule has 118 valence electrons. The molecule has 2 rings (SSSR count). The maximum Gasteiger partial charge on any atom is 0.260 e. The van der Waals surface area contributed by atoms with Gasteiger partial charge >= 0.3 is 0 Å². The molecule has 0 aliphatic heterocycles. The zero-order valence-electron chi connectivity index (χ0n) is 13.7. The highest BCUT2D eigenvalue weighted by atomic mass is 35.5. The van der Waals surface area contributed by atoms with Gasteiger partial charge in [0.15, 0.2) is 0 Å². The van der Waals surface area contributed by atoms with E-state index < -0.39 is 0 Å². The molecule has 1 aromatic heterocycles. The molecule has 0 aliphatic carbocycles. The Labute approximate surface area is 136 Å². The molecule has 1 aromatic carbocycles. The van der Waals surface area contributed by atoms with Gasteiger partial charge in [0.05, 0.1) is 11.3 Å². The molecule has 1 amide bonds. The second kappa shape index (κ2) is 6.53. The van der Waals surface area contributed by atoms with E-state index in [0.29, 0.717) is 28.9 Å². The van der Waals surface area contributed by atoms with Gasteiger partial charge < -0.3 is 5.32 Å². The Kier molecular flexibility index (Phi) is 4.91. The van der Waals surface area contributed by atoms with E-state index in [-0.39, 0.29) is 5.91 Å². The van der Waals surface area contributed by atoms with E-state index in [2.05, 4.69) is 24.3 Å². The minimum atomic E-state index is -0.222. The zero-order chi connectivity index (χ0) is 16.4. The highest BCUT2D eigenvalue weighted by Crippen LogP contribution is 2.23. The molecule has 4 nitrogen and oxygen atoms in total. The van der Waals surface area contributed by atoms with Crippen molar-refractivity contribution in [2.24, 2.45) is 5.92 Å². The molecule has 0 unspecified atom stereocenters. The topological polar surface area (TPSA) is 46.9 Å². The molecule has 5 heteroatoms. The van der Waals surface area contributed by atoms with Crippen molar-refractivity contribution >= 4 is 23.2 Å². The molecule has 1 N–H and O–H groups in total. The Hall–Kier alpha value is -1.81. The van der Waals surface area contributed by atoms with Crippen LogP contribution >= 0.6 is 11.6 Å². The van der Waals surface area contributed by atoms with E-state index in [0.717, 1.165) is 11.3 Å². The number of nitrogens with zero attached hydrogens (tertiary/aromatic N) is 2. The van der Waals surface area contributed by atoms with Gasteiger partial charge in [-0.15, -0.1) is 0 Å². The molecule has 1 heterocycles. The quantitative estimate of drug-likeness (QED) is 0.909. The van der Waals surface area contributed by atoms with Crippen LogP contribution in [0.4, 0.5) is 5.69 Å². The normalized spacial score (nSPS) is 11.0. The fourth-order valence-electron chi connectivity index (χ4n) is 2.29. The van der Waals surface area contributed by atoms with Crippen LogP contribution in [-0.2, 0) is 6.54 Å². The first-order valence-electron chi connectivity index (χ1n) is 7.41. The summed E-state index contributed by atoms with van der Waals surface area (Å²) in [6, 6.07) is 5.83. The summed E-state index contributed by atoms with van der Waals surface area (Å²) in [7, 11) is 0. The smallest absolute Gasteiger partial charge is 0.260 e. The number of carbonyl (C=O) groups excluding carboxylic acids is 1. The Bertz CT molecular complexity index is 704. The van der Waals surface area contributed by atoms with Gasteiger partial charge in [0.1, 0.15) is 5.15 Å². The van der Waals surface area contributed by atoms with E-state index >= 15 is 0 Å². The summed E-state index contributed by atoms with van der Waals surface area (Å²) in [5, 5.41) is 7.66. The standard InChI is InChI=1S/C17H22ClN3O/c1-10(2)9-21-16(18)15(13(5)20-21)17(22)19-14-7-6-11(3)12(4)8-14/h6-8,10H,9H2,1-5H3,(H,19,22). The van der Waals surface area contributed by atoms with Crippen molar-refractivity contribution in [1.29, 1.82) is 0 Å². The van der Waals surface area contributed by atoms with Crippen molar-refractivity contribution in [2.75, 3.05) is 5.32 Å². The number of nitrogens with one attached hydrogen (secondary N) is 1. The minimum Gasteiger partial charge on any atom is -0.322 e. The van der Waals surface area contributed by atoms with Crippen LogP contribution in [0.3, 0.4) is 0 Å². The van der Waals surface area contributed by atoms with E-state index in [9.17, 15) is 4.79 Å². The molecule has 0 fully saturated rings. The monoisotopic (exact) mass is 319 g/mol. The first-order chi connectivity index (χ1) is 10.3. The molecular weight excluding hydrogens is 298 g/mol. The summed E-state index contributed by atoms with van der Waals surface area (Å²) >= 11 is 6.33. The molecular formula is C17H22ClN3O. The van der Waals surface area contributed by atoms with E-state index in [4.69, 9.17) is 11.6 Å². The molecule has 0 bridgehead atoms. The highest BCUT2D eigenvalue weighted by molar-refractivity contribution is 6.33. The third-order valence-electron chi connectivity index (χ3n) is 3.60. The number of carbonyl (C=O) groups is 1. The SMILES string of the molecule is Cc1ccc(NC(=O)c2c(C)nn(CC(C)C)c2Cl)cc1C. The fourth-order valence-corrected chi connectivity index (χ4v) is 2.62. The predicted molar refractivity (Wildman–Crippen MR) is 90.7 cm³/mol. The lowest BCUT2D eigenvalue weighted by Gasteiger charge is -2.08. The average Bonchev–Trinajstić information content (AvgIpc) is 2.68. The number of amides is 1. The average molecular weight is 320 g/mol. The predicted octanol–water partition coefficient (Wildman–Crippen LogP) is 4.37. The second-order valence-corrected chi connectivity index (χ2v) is 6.44. The van der Waals surface area contributed by atoms with E-state index in [1.54, 1.807) is 11.6 Å². The van der Waals surface area contributed by atoms with Crippen molar-refractivity contribution in [1.82, 2.24) is 9.78 Å². The maximum absolute atomic E-state index is 12.5. The van der Waals surface area contributed by atoms with Crippen LogP contribution in [-0.4, -0.2) is 15.7 Å². The number of aromatic nitrogens is 2. The largest absolute Gasteiger partial charge is 0.322 e. The first-order valence-corrected chi connectivity index (χ1v) is 7.79. The van der Waals surface area contributed by atoms with Gasteiger partial charge in [-0.05, 0) is 49.9 Å². The molecule has 0 saturated carbocycles. The summed E-state index contributed by atoms with van der Waals surface area (Å²) in [4.78, 5) is 12.5. The second-order valence-electron chi connectivity index (χ2n) is 6.08. The van der Waals surface area contributed by atoms with Crippen LogP contribution < -0.4 is 5.32 Å². The molecule has 0 radical (unpaired) electrons. The number of hydrogen-bond donors (Lipinski definition) is 1. The lowest BCUT2D eigenvalue weighted by atomic mass is 10.1. The van der Waals surface area contributed by atoms with Crippen molar-refractivity contribution < 1.29 is 4.79 Å². The molecule has 0 saturated heterocycles. The number of aryl methyl sites for hydroxylation is 3. The Morgan fingerprint density at radius 2 is 1.95 bits per heavy atom. The summed E-state index contributed by atoms with van der Waals surface area (Å²) in [5.74, 6) is 0.188. The van der Waals surface area contributed by atoms with Crippen molar-refractivity contribution in [3.63, 3.8) is 0 Å². The lowest BCUT2D eigenvalue weighted by Crippen LogP contribution is -2.13. The van der Waals surface area contributed by atoms with Crippen molar-refractivity contribution in [3.05, 3.63) is 45.7 Å². The van der Waals surface area contributed by atoms with Crippen LogP contribution in [0.2, 0.25) is 5.15 Å². The number of benzene rings is 1. The first kappa shape index (κ1) is 16.6. The van der Waals surface area contributed by atoms with Gasteiger partial charge in [-0.1, -0.05) is 31.5 Å². The lowest BCUT2D eigenvalue weighted by molar-refractivity contribution is 0.102. The van der Waals surface area contributed by atoms with Crippen LogP contribution in [0.15, 0.2) is 18.2 Å². The minimum absolute atomic E-state index is 0.222. The highest BCUT2D eigenvalue weighted by Gasteiger charge is 2.20. The Morgan fingerprint density at radius 1 is 1.27 bits per heavy atom. The number of rotatable bonds is 4. The van der Waals surface area contributed by atoms with Gasteiger partial charge in [-0.25, -0.2) is 0 Å². The molecule has 0 atom stereocenters. The summed E-state index contributed by atoms with van der Waals surface area (Å²) in [6.45, 7) is 10.7. The number of anilines is 1. The van der Waals surface area contributed by atoms with E-state index in [1.165, 1.54) is 5.56 Å². The summed E-state index contributed by atoms with van der Waals surface area (Å²) in [5.41, 5.74) is 4.18. The molecule has 2 aromatic rings. The molecule has 22 heavy (non-hydrogen) atoms. The van der Waals surface area contributed by atoms with Crippen LogP contribution in [0, 0.1) is 26.7 Å². The van der Waals surface area contributed by atoms with Crippen LogP contribution in [0.25, 0.3) is 0 Å². The molecule has 0 spiro atoms. The van der Waals surface area contributed by atoms with Crippen LogP contribution in [0.1, 0.15) is 41.0 Å². The number of hydrogen-bond acceptors (Lipinski definition) is 2. The third-order valence-corrected chi connectivity index (χ3v) is 3.98. The maximum atomic E-state index is 12.5. The summed E-state index contributed by atoms with van der Waals surface area (Å²) in [6.07, 6.45) is 0. The Morgan fingerprint density at radius 3 is 2.55 bits per heavy atom. The molecule has 0 aliphatic rings. The van der Waals surface area contributed by atoms with Crippen molar-refractivity contribution in [3.8, 4) is 0 Å². The summed E-state index contributed by atoms with van der Waals surface area (Å²) < 4.78 is 1.69. The van der Waals surface area contributed by atoms with Crippen molar-refractivity contribution in [2.45, 2.75) is 41.2 Å². The Balaban J connectivity index is 2.26. The van der Waals surface area contributed by atoms with Crippen LogP contribution in [0.5, 0.6) is 0 Å². The zero-order valence-corrected chi connectivity index (χ0v) is 14.5.